The van der Waals surface area contributed by atoms with Crippen molar-refractivity contribution >= 4 is 11.6 Å². The first-order valence-electron chi connectivity index (χ1n) is 11.0. The van der Waals surface area contributed by atoms with Crippen LogP contribution < -0.4 is 0 Å². The van der Waals surface area contributed by atoms with E-state index in [2.05, 4.69) is 6.92 Å². The number of halogens is 3. The zero-order chi connectivity index (χ0) is 21.1. The van der Waals surface area contributed by atoms with Crippen molar-refractivity contribution in [2.24, 2.45) is 11.8 Å². The third-order valence-electron chi connectivity index (χ3n) is 6.54. The lowest BCUT2D eigenvalue weighted by molar-refractivity contribution is -0.229. The topological polar surface area (TPSA) is 18.5 Å². The summed E-state index contributed by atoms with van der Waals surface area (Å²) in [7, 11) is 0. The maximum absolute atomic E-state index is 14.8. The van der Waals surface area contributed by atoms with Gasteiger partial charge in [-0.1, -0.05) is 43.1 Å². The van der Waals surface area contributed by atoms with E-state index in [9.17, 15) is 8.78 Å². The molecule has 0 radical (unpaired) electrons. The van der Waals surface area contributed by atoms with Crippen LogP contribution >= 0.6 is 11.6 Å². The van der Waals surface area contributed by atoms with E-state index in [1.807, 2.05) is 6.07 Å². The van der Waals surface area contributed by atoms with Gasteiger partial charge in [0, 0.05) is 17.4 Å². The van der Waals surface area contributed by atoms with Crippen molar-refractivity contribution in [3.05, 3.63) is 58.6 Å². The minimum absolute atomic E-state index is 0.0411. The van der Waals surface area contributed by atoms with Gasteiger partial charge in [0.2, 0.25) is 0 Å². The fraction of sp³-hybridized carbons (Fsp3) is 0.520. The highest BCUT2D eigenvalue weighted by Crippen LogP contribution is 2.40. The van der Waals surface area contributed by atoms with Crippen LogP contribution in [0.25, 0.3) is 11.1 Å². The van der Waals surface area contributed by atoms with Gasteiger partial charge in [-0.2, -0.15) is 0 Å². The molecule has 2 fully saturated rings. The predicted molar refractivity (Wildman–Crippen MR) is 116 cm³/mol. The van der Waals surface area contributed by atoms with Gasteiger partial charge in [-0.3, -0.25) is 0 Å². The van der Waals surface area contributed by atoms with Crippen molar-refractivity contribution in [3.63, 3.8) is 0 Å². The maximum atomic E-state index is 14.8. The molecular weight excluding hydrogens is 406 g/mol. The van der Waals surface area contributed by atoms with Gasteiger partial charge in [0.1, 0.15) is 11.6 Å². The Labute approximate surface area is 182 Å². The van der Waals surface area contributed by atoms with Gasteiger partial charge >= 0.3 is 0 Å². The average molecular weight is 435 g/mol. The van der Waals surface area contributed by atoms with Crippen LogP contribution in [0.5, 0.6) is 0 Å². The van der Waals surface area contributed by atoms with E-state index in [4.69, 9.17) is 21.1 Å². The predicted octanol–water partition coefficient (Wildman–Crippen LogP) is 7.35. The molecule has 162 valence electrons. The molecule has 2 aromatic rings. The minimum atomic E-state index is -0.538. The third kappa shape index (κ3) is 4.87. The lowest BCUT2D eigenvalue weighted by Gasteiger charge is -2.37. The Morgan fingerprint density at radius 3 is 2.30 bits per heavy atom. The summed E-state index contributed by atoms with van der Waals surface area (Å²) in [5.74, 6) is 0.424. The van der Waals surface area contributed by atoms with E-state index in [0.29, 0.717) is 28.9 Å². The number of ether oxygens (including phenoxy) is 2. The molecule has 2 aromatic carbocycles. The molecule has 1 aliphatic heterocycles. The molecule has 1 aliphatic carbocycles. The molecule has 0 atom stereocenters. The van der Waals surface area contributed by atoms with E-state index >= 15 is 0 Å². The molecule has 5 heteroatoms. The molecule has 2 aliphatic rings. The van der Waals surface area contributed by atoms with Crippen LogP contribution in [-0.4, -0.2) is 19.5 Å². The summed E-state index contributed by atoms with van der Waals surface area (Å²) >= 11 is 5.74. The Bertz CT molecular complexity index is 856. The molecule has 0 N–H and O–H groups in total. The Morgan fingerprint density at radius 1 is 0.933 bits per heavy atom. The SMILES string of the molecule is CCCC1COC(C2CCC(c3ccc(-c4ccc(Cl)c(F)c4)c(F)c3)CC2)OC1. The Hall–Kier alpha value is -1.49. The molecule has 0 unspecified atom stereocenters. The molecule has 30 heavy (non-hydrogen) atoms. The van der Waals surface area contributed by atoms with Gasteiger partial charge in [-0.05, 0) is 67.3 Å². The first kappa shape index (κ1) is 21.7. The summed E-state index contributed by atoms with van der Waals surface area (Å²) in [6, 6.07) is 9.71. The van der Waals surface area contributed by atoms with Crippen LogP contribution in [0.2, 0.25) is 5.02 Å². The van der Waals surface area contributed by atoms with Crippen molar-refractivity contribution < 1.29 is 18.3 Å². The number of rotatable bonds is 5. The molecular formula is C25H29ClF2O2. The van der Waals surface area contributed by atoms with E-state index in [-0.39, 0.29) is 17.1 Å². The van der Waals surface area contributed by atoms with Gasteiger partial charge in [-0.25, -0.2) is 8.78 Å². The Morgan fingerprint density at radius 2 is 1.67 bits per heavy atom. The normalized spacial score (nSPS) is 27.2. The van der Waals surface area contributed by atoms with E-state index < -0.39 is 5.82 Å². The monoisotopic (exact) mass is 434 g/mol. The van der Waals surface area contributed by atoms with Crippen molar-refractivity contribution in [2.45, 2.75) is 57.7 Å². The summed E-state index contributed by atoms with van der Waals surface area (Å²) in [6.45, 7) is 3.79. The second-order valence-electron chi connectivity index (χ2n) is 8.67. The molecule has 0 aromatic heterocycles. The first-order valence-corrected chi connectivity index (χ1v) is 11.4. The van der Waals surface area contributed by atoms with Crippen LogP contribution in [0.15, 0.2) is 36.4 Å². The van der Waals surface area contributed by atoms with Crippen molar-refractivity contribution in [1.29, 1.82) is 0 Å². The van der Waals surface area contributed by atoms with Crippen LogP contribution in [0, 0.1) is 23.5 Å². The second-order valence-corrected chi connectivity index (χ2v) is 9.08. The second kappa shape index (κ2) is 9.76. The Balaban J connectivity index is 1.36. The smallest absolute Gasteiger partial charge is 0.160 e. The highest BCUT2D eigenvalue weighted by molar-refractivity contribution is 6.30. The Kier molecular flexibility index (Phi) is 7.07. The molecule has 1 heterocycles. The highest BCUT2D eigenvalue weighted by atomic mass is 35.5. The fourth-order valence-corrected chi connectivity index (χ4v) is 4.93. The highest BCUT2D eigenvalue weighted by Gasteiger charge is 2.32. The third-order valence-corrected chi connectivity index (χ3v) is 6.85. The van der Waals surface area contributed by atoms with Crippen LogP contribution in [-0.2, 0) is 9.47 Å². The fourth-order valence-electron chi connectivity index (χ4n) is 4.81. The van der Waals surface area contributed by atoms with Crippen molar-refractivity contribution in [2.75, 3.05) is 13.2 Å². The lowest BCUT2D eigenvalue weighted by Crippen LogP contribution is -2.38. The van der Waals surface area contributed by atoms with Crippen LogP contribution in [0.4, 0.5) is 8.78 Å². The van der Waals surface area contributed by atoms with Gasteiger partial charge in [-0.15, -0.1) is 0 Å². The first-order chi connectivity index (χ1) is 14.5. The molecule has 0 spiro atoms. The molecule has 1 saturated heterocycles. The molecule has 0 amide bonds. The molecule has 0 bridgehead atoms. The summed E-state index contributed by atoms with van der Waals surface area (Å²) in [5.41, 5.74) is 1.91. The lowest BCUT2D eigenvalue weighted by atomic mass is 9.78. The summed E-state index contributed by atoms with van der Waals surface area (Å²) in [5, 5.41) is 0.0411. The zero-order valence-corrected chi connectivity index (χ0v) is 18.1. The van der Waals surface area contributed by atoms with Crippen LogP contribution in [0.1, 0.15) is 56.9 Å². The van der Waals surface area contributed by atoms with E-state index in [1.54, 1.807) is 18.2 Å². The summed E-state index contributed by atoms with van der Waals surface area (Å²) in [6.07, 6.45) is 6.29. The van der Waals surface area contributed by atoms with E-state index in [1.165, 1.54) is 12.1 Å². The van der Waals surface area contributed by atoms with Crippen molar-refractivity contribution in [3.8, 4) is 11.1 Å². The largest absolute Gasteiger partial charge is 0.352 e. The van der Waals surface area contributed by atoms with Crippen molar-refractivity contribution in [1.82, 2.24) is 0 Å². The van der Waals surface area contributed by atoms with Gasteiger partial charge < -0.3 is 9.47 Å². The molecule has 2 nitrogen and oxygen atoms in total. The molecule has 1 saturated carbocycles. The standard InChI is InChI=1S/C25H29ClF2O2/c1-2-3-16-14-29-25(30-15-16)18-6-4-17(5-7-18)19-8-10-21(23(27)12-19)20-9-11-22(26)24(28)13-20/h8-13,16-18,25H,2-7,14-15H2,1H3. The van der Waals surface area contributed by atoms with Gasteiger partial charge in [0.15, 0.2) is 6.29 Å². The van der Waals surface area contributed by atoms with Crippen LogP contribution in [0.3, 0.4) is 0 Å². The molecule has 4 rings (SSSR count). The van der Waals surface area contributed by atoms with Gasteiger partial charge in [0.25, 0.3) is 0 Å². The zero-order valence-electron chi connectivity index (χ0n) is 17.4. The summed E-state index contributed by atoms with van der Waals surface area (Å²) < 4.78 is 40.5. The number of benzene rings is 2. The average Bonchev–Trinajstić information content (AvgIpc) is 2.77. The van der Waals surface area contributed by atoms with E-state index in [0.717, 1.165) is 57.3 Å². The number of hydrogen-bond donors (Lipinski definition) is 0. The summed E-state index contributed by atoms with van der Waals surface area (Å²) in [4.78, 5) is 0. The van der Waals surface area contributed by atoms with Gasteiger partial charge in [0.05, 0.1) is 18.2 Å². The minimum Gasteiger partial charge on any atom is -0.352 e. The quantitative estimate of drug-likeness (QED) is 0.489. The maximum Gasteiger partial charge on any atom is 0.160 e. The number of hydrogen-bond acceptors (Lipinski definition) is 2.